The number of hydrogen-bond donors (Lipinski definition) is 1. The highest BCUT2D eigenvalue weighted by Crippen LogP contribution is 2.13. The molecule has 0 aliphatic carbocycles. The Bertz CT molecular complexity index is 406. The number of para-hydroxylation sites is 1. The van der Waals surface area contributed by atoms with E-state index in [0.29, 0.717) is 0 Å². The minimum Gasteiger partial charge on any atom is -0.340 e. The van der Waals surface area contributed by atoms with Crippen molar-refractivity contribution in [3.8, 4) is 0 Å². The van der Waals surface area contributed by atoms with Crippen molar-refractivity contribution in [1.29, 1.82) is 0 Å². The first-order valence-corrected chi connectivity index (χ1v) is 5.15. The molecule has 0 radical (unpaired) electrons. The van der Waals surface area contributed by atoms with E-state index in [1.165, 1.54) is 5.56 Å². The summed E-state index contributed by atoms with van der Waals surface area (Å²) in [6.45, 7) is 2.13. The lowest BCUT2D eigenvalue weighted by molar-refractivity contribution is 1.10. The molecule has 15 heavy (non-hydrogen) atoms. The van der Waals surface area contributed by atoms with Crippen LogP contribution in [0.2, 0.25) is 0 Å². The normalized spacial score (nSPS) is 9.93. The van der Waals surface area contributed by atoms with E-state index < -0.39 is 0 Å². The highest BCUT2D eigenvalue weighted by molar-refractivity contribution is 5.55. The fourth-order valence-corrected chi connectivity index (χ4v) is 1.38. The second-order valence-electron chi connectivity index (χ2n) is 3.40. The molecule has 2 aromatic rings. The Morgan fingerprint density at radius 1 is 1.07 bits per heavy atom. The van der Waals surface area contributed by atoms with Crippen molar-refractivity contribution in [2.45, 2.75) is 13.3 Å². The van der Waals surface area contributed by atoms with Gasteiger partial charge in [0.05, 0.1) is 0 Å². The fraction of sp³-hybridized carbons (Fsp3) is 0.154. The van der Waals surface area contributed by atoms with Crippen LogP contribution >= 0.6 is 0 Å². The lowest BCUT2D eigenvalue weighted by Gasteiger charge is -2.05. The Kier molecular flexibility index (Phi) is 2.98. The van der Waals surface area contributed by atoms with Gasteiger partial charge in [0.15, 0.2) is 0 Å². The number of benzene rings is 1. The van der Waals surface area contributed by atoms with Crippen molar-refractivity contribution in [3.05, 3.63) is 54.2 Å². The van der Waals surface area contributed by atoms with Crippen molar-refractivity contribution in [3.63, 3.8) is 0 Å². The quantitative estimate of drug-likeness (QED) is 0.817. The van der Waals surface area contributed by atoms with Crippen LogP contribution in [-0.4, -0.2) is 4.98 Å². The van der Waals surface area contributed by atoms with Gasteiger partial charge in [-0.25, -0.2) is 4.98 Å². The van der Waals surface area contributed by atoms with Crippen LogP contribution < -0.4 is 5.32 Å². The summed E-state index contributed by atoms with van der Waals surface area (Å²) < 4.78 is 0. The van der Waals surface area contributed by atoms with Gasteiger partial charge in [-0.2, -0.15) is 0 Å². The summed E-state index contributed by atoms with van der Waals surface area (Å²) in [6, 6.07) is 14.2. The zero-order valence-corrected chi connectivity index (χ0v) is 8.77. The first-order chi connectivity index (χ1) is 7.38. The van der Waals surface area contributed by atoms with Crippen molar-refractivity contribution < 1.29 is 0 Å². The molecule has 0 spiro atoms. The van der Waals surface area contributed by atoms with Crippen LogP contribution in [0.3, 0.4) is 0 Å². The maximum atomic E-state index is 4.33. The number of anilines is 2. The van der Waals surface area contributed by atoms with Gasteiger partial charge in [-0.05, 0) is 30.2 Å². The first kappa shape index (κ1) is 9.71. The molecule has 0 fully saturated rings. The second-order valence-corrected chi connectivity index (χ2v) is 3.40. The summed E-state index contributed by atoms with van der Waals surface area (Å²) in [5.41, 5.74) is 2.32. The summed E-state index contributed by atoms with van der Waals surface area (Å²) in [7, 11) is 0. The van der Waals surface area contributed by atoms with Crippen molar-refractivity contribution >= 4 is 11.5 Å². The van der Waals surface area contributed by atoms with E-state index in [1.54, 1.807) is 0 Å². The summed E-state index contributed by atoms with van der Waals surface area (Å²) >= 11 is 0. The maximum absolute atomic E-state index is 4.33. The molecule has 0 bridgehead atoms. The van der Waals surface area contributed by atoms with Gasteiger partial charge in [-0.15, -0.1) is 0 Å². The smallest absolute Gasteiger partial charge is 0.130 e. The molecule has 1 aromatic carbocycles. The molecule has 1 aromatic heterocycles. The van der Waals surface area contributed by atoms with E-state index in [9.17, 15) is 0 Å². The van der Waals surface area contributed by atoms with Crippen LogP contribution in [0.1, 0.15) is 12.5 Å². The van der Waals surface area contributed by atoms with Gasteiger partial charge in [-0.1, -0.05) is 31.2 Å². The summed E-state index contributed by atoms with van der Waals surface area (Å²) in [6.07, 6.45) is 2.93. The lowest BCUT2D eigenvalue weighted by Crippen LogP contribution is -1.93. The topological polar surface area (TPSA) is 24.9 Å². The molecule has 0 unspecified atom stereocenters. The van der Waals surface area contributed by atoms with Gasteiger partial charge < -0.3 is 5.32 Å². The Balaban J connectivity index is 2.11. The minimum atomic E-state index is 0.887. The van der Waals surface area contributed by atoms with Crippen LogP contribution in [0.4, 0.5) is 11.5 Å². The Hall–Kier alpha value is -1.83. The molecule has 0 saturated carbocycles. The summed E-state index contributed by atoms with van der Waals surface area (Å²) in [4.78, 5) is 4.33. The third kappa shape index (κ3) is 2.56. The predicted octanol–water partition coefficient (Wildman–Crippen LogP) is 3.39. The van der Waals surface area contributed by atoms with Gasteiger partial charge in [0.2, 0.25) is 0 Å². The van der Waals surface area contributed by atoms with E-state index in [0.717, 1.165) is 17.9 Å². The standard InChI is InChI=1S/C13H14N2/c1-2-11-8-9-13(14-10-11)15-12-6-4-3-5-7-12/h3-10H,2H2,1H3,(H,14,15). The molecule has 0 atom stereocenters. The Morgan fingerprint density at radius 3 is 2.47 bits per heavy atom. The maximum Gasteiger partial charge on any atom is 0.130 e. The van der Waals surface area contributed by atoms with E-state index in [2.05, 4.69) is 23.3 Å². The SMILES string of the molecule is CCc1ccc(Nc2ccccc2)nc1. The van der Waals surface area contributed by atoms with Gasteiger partial charge in [0, 0.05) is 11.9 Å². The number of nitrogens with one attached hydrogen (secondary N) is 1. The van der Waals surface area contributed by atoms with Crippen LogP contribution in [0.15, 0.2) is 48.7 Å². The zero-order chi connectivity index (χ0) is 10.5. The Labute approximate surface area is 90.0 Å². The monoisotopic (exact) mass is 198 g/mol. The number of aromatic nitrogens is 1. The number of aryl methyl sites for hydroxylation is 1. The van der Waals surface area contributed by atoms with Crippen LogP contribution in [0, 0.1) is 0 Å². The summed E-state index contributed by atoms with van der Waals surface area (Å²) in [5, 5.41) is 3.24. The first-order valence-electron chi connectivity index (χ1n) is 5.15. The van der Waals surface area contributed by atoms with Crippen LogP contribution in [-0.2, 0) is 6.42 Å². The van der Waals surface area contributed by atoms with Crippen molar-refractivity contribution in [2.24, 2.45) is 0 Å². The third-order valence-electron chi connectivity index (χ3n) is 2.28. The van der Waals surface area contributed by atoms with E-state index in [4.69, 9.17) is 0 Å². The van der Waals surface area contributed by atoms with Gasteiger partial charge >= 0.3 is 0 Å². The lowest BCUT2D eigenvalue weighted by atomic mass is 10.2. The van der Waals surface area contributed by atoms with Crippen LogP contribution in [0.25, 0.3) is 0 Å². The van der Waals surface area contributed by atoms with E-state index in [-0.39, 0.29) is 0 Å². The van der Waals surface area contributed by atoms with Crippen molar-refractivity contribution in [1.82, 2.24) is 4.98 Å². The fourth-order valence-electron chi connectivity index (χ4n) is 1.38. The highest BCUT2D eigenvalue weighted by Gasteiger charge is 1.94. The molecule has 2 heteroatoms. The van der Waals surface area contributed by atoms with Crippen molar-refractivity contribution in [2.75, 3.05) is 5.32 Å². The molecule has 2 nitrogen and oxygen atoms in total. The highest BCUT2D eigenvalue weighted by atomic mass is 15.0. The Morgan fingerprint density at radius 2 is 1.87 bits per heavy atom. The van der Waals surface area contributed by atoms with Gasteiger partial charge in [0.1, 0.15) is 5.82 Å². The number of pyridine rings is 1. The average Bonchev–Trinajstić information content (AvgIpc) is 2.31. The minimum absolute atomic E-state index is 0.887. The van der Waals surface area contributed by atoms with Gasteiger partial charge in [0.25, 0.3) is 0 Å². The number of nitrogens with zero attached hydrogens (tertiary/aromatic N) is 1. The second kappa shape index (κ2) is 4.60. The third-order valence-corrected chi connectivity index (χ3v) is 2.28. The average molecular weight is 198 g/mol. The molecule has 1 heterocycles. The molecule has 2 rings (SSSR count). The molecule has 0 saturated heterocycles. The molecule has 1 N–H and O–H groups in total. The zero-order valence-electron chi connectivity index (χ0n) is 8.77. The molecule has 0 aliphatic rings. The number of hydrogen-bond acceptors (Lipinski definition) is 2. The van der Waals surface area contributed by atoms with E-state index >= 15 is 0 Å². The predicted molar refractivity (Wildman–Crippen MR) is 63.3 cm³/mol. The molecular formula is C13H14N2. The largest absolute Gasteiger partial charge is 0.340 e. The van der Waals surface area contributed by atoms with Gasteiger partial charge in [-0.3, -0.25) is 0 Å². The molecule has 76 valence electrons. The van der Waals surface area contributed by atoms with E-state index in [1.807, 2.05) is 42.6 Å². The summed E-state index contributed by atoms with van der Waals surface area (Å²) in [5.74, 6) is 0.887. The molecule has 0 aliphatic heterocycles. The molecular weight excluding hydrogens is 184 g/mol. The molecule has 0 amide bonds. The number of rotatable bonds is 3. The van der Waals surface area contributed by atoms with Crippen LogP contribution in [0.5, 0.6) is 0 Å².